The van der Waals surface area contributed by atoms with Crippen LogP contribution < -0.4 is 0 Å². The van der Waals surface area contributed by atoms with E-state index in [1.165, 1.54) is 0 Å². The molecule has 11 heavy (non-hydrogen) atoms. The Bertz CT molecular complexity index is 144. The van der Waals surface area contributed by atoms with Gasteiger partial charge in [0.2, 0.25) is 0 Å². The molecule has 54 valence electrons. The molecule has 0 bridgehead atoms. The molecule has 0 aliphatic heterocycles. The maximum absolute atomic E-state index is 2.00. The van der Waals surface area contributed by atoms with Crippen molar-refractivity contribution in [2.45, 2.75) is 0 Å². The quantitative estimate of drug-likeness (QED) is 0.633. The number of hydrogen-bond acceptors (Lipinski definition) is 0. The van der Waals surface area contributed by atoms with Crippen molar-refractivity contribution < 1.29 is 39.9 Å². The van der Waals surface area contributed by atoms with E-state index in [2.05, 4.69) is 0 Å². The second-order valence-electron chi connectivity index (χ2n) is 1.92. The van der Waals surface area contributed by atoms with Crippen LogP contribution in [0.25, 0.3) is 0 Å². The fraction of sp³-hybridized carbons (Fsp3) is 0. The van der Waals surface area contributed by atoms with Crippen LogP contribution in [0.3, 0.4) is 0 Å². The van der Waals surface area contributed by atoms with Gasteiger partial charge in [0.15, 0.2) is 0 Å². The van der Waals surface area contributed by atoms with Crippen LogP contribution in [0.15, 0.2) is 60.7 Å². The summed E-state index contributed by atoms with van der Waals surface area (Å²) in [5.41, 5.74) is 0. The van der Waals surface area contributed by atoms with Crippen molar-refractivity contribution in [3.8, 4) is 0 Å². The molecule has 0 spiro atoms. The second kappa shape index (κ2) is 8.12. The molecular weight excluding hydrogens is 352 g/mol. The molecule has 0 aromatic heterocycles. The Kier molecular flexibility index (Phi) is 8.14. The monoisotopic (exact) mass is 362 g/mol. The molecule has 0 atom stereocenters. The summed E-state index contributed by atoms with van der Waals surface area (Å²) in [4.78, 5) is 0. The molecule has 2 rings (SSSR count). The van der Waals surface area contributed by atoms with Crippen molar-refractivity contribution >= 4 is 0 Å². The maximum Gasteiger partial charge on any atom is 2.00 e. The van der Waals surface area contributed by atoms with Gasteiger partial charge in [0.25, 0.3) is 0 Å². The fourth-order valence-corrected chi connectivity index (χ4v) is 0.642. The summed E-state index contributed by atoms with van der Waals surface area (Å²) in [6.07, 6.45) is 0. The van der Waals surface area contributed by atoms with Crippen LogP contribution in [0.4, 0.5) is 0 Å². The van der Waals surface area contributed by atoms with E-state index in [4.69, 9.17) is 0 Å². The maximum atomic E-state index is 2.00. The number of hydrogen-bond donors (Lipinski definition) is 0. The minimum atomic E-state index is 0. The summed E-state index contributed by atoms with van der Waals surface area (Å²) < 4.78 is 0. The molecular formula is C10H10Th. The third-order valence-corrected chi connectivity index (χ3v) is 1.11. The van der Waals surface area contributed by atoms with Crippen LogP contribution in [-0.4, -0.2) is 0 Å². The van der Waals surface area contributed by atoms with Gasteiger partial charge in [-0.2, -0.15) is 36.4 Å². The minimum Gasteiger partial charge on any atom is -0.214 e. The first kappa shape index (κ1) is 11.0. The van der Waals surface area contributed by atoms with Crippen LogP contribution in [0.2, 0.25) is 0 Å². The predicted octanol–water partition coefficient (Wildman–Crippen LogP) is 2.81. The third kappa shape index (κ3) is 6.42. The Morgan fingerprint density at radius 1 is 0.545 bits per heavy atom. The van der Waals surface area contributed by atoms with Crippen LogP contribution in [0.5, 0.6) is 0 Å². The van der Waals surface area contributed by atoms with Gasteiger partial charge in [-0.05, 0) is 0 Å². The van der Waals surface area contributed by atoms with E-state index in [1.54, 1.807) is 0 Å². The van der Waals surface area contributed by atoms with Crippen LogP contribution in [0, 0.1) is 39.9 Å². The van der Waals surface area contributed by atoms with Gasteiger partial charge in [-0.3, -0.25) is 0 Å². The molecule has 2 aromatic rings. The molecule has 0 radical (unpaired) electrons. The zero-order chi connectivity index (χ0) is 7.07. The molecule has 0 nitrogen and oxygen atoms in total. The van der Waals surface area contributed by atoms with Crippen molar-refractivity contribution in [3.63, 3.8) is 0 Å². The first-order chi connectivity index (χ1) is 5.00. The molecule has 0 amide bonds. The van der Waals surface area contributed by atoms with Crippen molar-refractivity contribution in [2.75, 3.05) is 0 Å². The van der Waals surface area contributed by atoms with Gasteiger partial charge >= 0.3 is 39.9 Å². The van der Waals surface area contributed by atoms with E-state index in [0.29, 0.717) is 0 Å². The zero-order valence-electron chi connectivity index (χ0n) is 6.27. The summed E-state index contributed by atoms with van der Waals surface area (Å²) in [6.45, 7) is 0. The molecule has 0 fully saturated rings. The molecule has 0 saturated heterocycles. The summed E-state index contributed by atoms with van der Waals surface area (Å²) in [6, 6.07) is 20.0. The summed E-state index contributed by atoms with van der Waals surface area (Å²) in [5, 5.41) is 0. The molecule has 0 heterocycles. The van der Waals surface area contributed by atoms with Gasteiger partial charge in [-0.1, -0.05) is 0 Å². The molecule has 1 heteroatoms. The van der Waals surface area contributed by atoms with Gasteiger partial charge < -0.3 is 0 Å². The van der Waals surface area contributed by atoms with E-state index in [-0.39, 0.29) is 39.9 Å². The first-order valence-corrected chi connectivity index (χ1v) is 3.33. The average molecular weight is 362 g/mol. The van der Waals surface area contributed by atoms with Crippen molar-refractivity contribution in [1.82, 2.24) is 0 Å². The van der Waals surface area contributed by atoms with Crippen molar-refractivity contribution in [1.29, 1.82) is 0 Å². The fourth-order valence-electron chi connectivity index (χ4n) is 0.642. The predicted molar refractivity (Wildman–Crippen MR) is 44.1 cm³/mol. The Morgan fingerprint density at radius 2 is 0.818 bits per heavy atom. The average Bonchev–Trinajstić information content (AvgIpc) is 2.67. The van der Waals surface area contributed by atoms with Gasteiger partial charge in [-0.15, -0.1) is 0 Å². The Hall–Kier alpha value is 0.0247. The summed E-state index contributed by atoms with van der Waals surface area (Å²) in [7, 11) is 0. The van der Waals surface area contributed by atoms with Crippen LogP contribution in [0.1, 0.15) is 0 Å². The summed E-state index contributed by atoms with van der Waals surface area (Å²) in [5.74, 6) is 0. The molecule has 0 saturated carbocycles. The van der Waals surface area contributed by atoms with Gasteiger partial charge in [0.1, 0.15) is 0 Å². The Morgan fingerprint density at radius 3 is 0.909 bits per heavy atom. The van der Waals surface area contributed by atoms with E-state index in [9.17, 15) is 0 Å². The van der Waals surface area contributed by atoms with E-state index >= 15 is 0 Å². The topological polar surface area (TPSA) is 0 Å². The Balaban J connectivity index is 0.000000167. The van der Waals surface area contributed by atoms with Crippen LogP contribution in [-0.2, 0) is 0 Å². The van der Waals surface area contributed by atoms with Crippen molar-refractivity contribution in [2.24, 2.45) is 0 Å². The molecule has 0 N–H and O–H groups in total. The SMILES string of the molecule is [Th+2].c1cc[cH-]c1.c1cc[cH-]c1. The van der Waals surface area contributed by atoms with Gasteiger partial charge in [0, 0.05) is 0 Å². The van der Waals surface area contributed by atoms with E-state index in [0.717, 1.165) is 0 Å². The van der Waals surface area contributed by atoms with Gasteiger partial charge in [-0.25, -0.2) is 24.3 Å². The molecule has 0 unspecified atom stereocenters. The zero-order valence-corrected chi connectivity index (χ0v) is 10.4. The summed E-state index contributed by atoms with van der Waals surface area (Å²) >= 11 is 0. The Labute approximate surface area is 99.7 Å². The van der Waals surface area contributed by atoms with Crippen molar-refractivity contribution in [3.05, 3.63) is 60.7 Å². The number of rotatable bonds is 0. The smallest absolute Gasteiger partial charge is 0.214 e. The second-order valence-corrected chi connectivity index (χ2v) is 1.92. The molecule has 0 aliphatic carbocycles. The normalized spacial score (nSPS) is 7.27. The largest absolute Gasteiger partial charge is 2.00 e. The van der Waals surface area contributed by atoms with Gasteiger partial charge in [0.05, 0.1) is 0 Å². The third-order valence-electron chi connectivity index (χ3n) is 1.11. The molecule has 2 aromatic carbocycles. The van der Waals surface area contributed by atoms with Crippen LogP contribution >= 0.6 is 0 Å². The van der Waals surface area contributed by atoms with E-state index < -0.39 is 0 Å². The minimum absolute atomic E-state index is 0. The standard InChI is InChI=1S/2C5H5.Th/c2*1-2-4-5-3-1;/h2*1-5H;/q2*-1;+2. The van der Waals surface area contributed by atoms with E-state index in [1.807, 2.05) is 60.7 Å². The molecule has 0 aliphatic rings. The first-order valence-electron chi connectivity index (χ1n) is 3.33.